The van der Waals surface area contributed by atoms with Gasteiger partial charge in [0.15, 0.2) is 0 Å². The van der Waals surface area contributed by atoms with Crippen molar-refractivity contribution in [1.29, 1.82) is 0 Å². The van der Waals surface area contributed by atoms with E-state index in [2.05, 4.69) is 26.0 Å². The molecule has 17 heavy (non-hydrogen) atoms. The minimum absolute atomic E-state index is 0.447. The first-order chi connectivity index (χ1) is 8.03. The average molecular weight is 236 g/mol. The van der Waals surface area contributed by atoms with Gasteiger partial charge in [-0.3, -0.25) is 0 Å². The van der Waals surface area contributed by atoms with Crippen molar-refractivity contribution in [2.45, 2.75) is 52.2 Å². The molecule has 0 bridgehead atoms. The molecule has 0 fully saturated rings. The number of rotatable bonds is 6. The van der Waals surface area contributed by atoms with Crippen LogP contribution in [0.25, 0.3) is 0 Å². The van der Waals surface area contributed by atoms with Gasteiger partial charge in [0.25, 0.3) is 0 Å². The third kappa shape index (κ3) is 3.55. The second kappa shape index (κ2) is 6.18. The Morgan fingerprint density at radius 1 is 1.29 bits per heavy atom. The highest BCUT2D eigenvalue weighted by Gasteiger charge is 2.31. The van der Waals surface area contributed by atoms with Crippen molar-refractivity contribution in [2.75, 3.05) is 6.61 Å². The molecule has 1 aromatic carbocycles. The molecule has 0 aliphatic carbocycles. The van der Waals surface area contributed by atoms with Crippen LogP contribution in [0.1, 0.15) is 38.3 Å². The van der Waals surface area contributed by atoms with E-state index in [0.29, 0.717) is 13.0 Å². The second-order valence-electron chi connectivity index (χ2n) is 4.75. The molecule has 0 amide bonds. The van der Waals surface area contributed by atoms with Crippen molar-refractivity contribution in [1.82, 2.24) is 0 Å². The molecule has 0 spiro atoms. The first-order valence-electron chi connectivity index (χ1n) is 6.40. The van der Waals surface area contributed by atoms with Crippen LogP contribution in [-0.4, -0.2) is 23.4 Å². The Hall–Kier alpha value is -0.860. The van der Waals surface area contributed by atoms with Crippen molar-refractivity contribution < 1.29 is 9.84 Å². The van der Waals surface area contributed by atoms with Crippen LogP contribution in [0.5, 0.6) is 0 Å². The molecule has 2 nitrogen and oxygen atoms in total. The fourth-order valence-corrected chi connectivity index (χ4v) is 2.03. The standard InChI is InChI=1S/C15H24O2/c1-5-15(4,17-6-2)14(16)11-13-10-8-7-9-12(13)3/h7-10,14,16H,5-6,11H2,1-4H3. The zero-order valence-electron chi connectivity index (χ0n) is 11.4. The molecule has 1 aromatic rings. The minimum atomic E-state index is -0.464. The Labute approximate surface area is 105 Å². The highest BCUT2D eigenvalue weighted by molar-refractivity contribution is 5.26. The summed E-state index contributed by atoms with van der Waals surface area (Å²) in [6.45, 7) is 8.71. The van der Waals surface area contributed by atoms with E-state index >= 15 is 0 Å². The van der Waals surface area contributed by atoms with Gasteiger partial charge in [-0.1, -0.05) is 31.2 Å². The highest BCUT2D eigenvalue weighted by Crippen LogP contribution is 2.24. The van der Waals surface area contributed by atoms with Gasteiger partial charge in [0, 0.05) is 13.0 Å². The van der Waals surface area contributed by atoms with Gasteiger partial charge in [0.05, 0.1) is 11.7 Å². The van der Waals surface area contributed by atoms with Gasteiger partial charge < -0.3 is 9.84 Å². The number of aryl methyl sites for hydroxylation is 1. The van der Waals surface area contributed by atoms with E-state index in [1.165, 1.54) is 11.1 Å². The van der Waals surface area contributed by atoms with Crippen LogP contribution >= 0.6 is 0 Å². The number of benzene rings is 1. The smallest absolute Gasteiger partial charge is 0.0912 e. The fourth-order valence-electron chi connectivity index (χ4n) is 2.03. The van der Waals surface area contributed by atoms with Crippen molar-refractivity contribution in [3.05, 3.63) is 35.4 Å². The van der Waals surface area contributed by atoms with Crippen molar-refractivity contribution >= 4 is 0 Å². The summed E-state index contributed by atoms with van der Waals surface area (Å²) in [7, 11) is 0. The SMILES string of the molecule is CCOC(C)(CC)C(O)Cc1ccccc1C. The van der Waals surface area contributed by atoms with Gasteiger partial charge in [-0.05, 0) is 38.3 Å². The number of ether oxygens (including phenoxy) is 1. The molecule has 0 saturated carbocycles. The molecular formula is C15H24O2. The fraction of sp³-hybridized carbons (Fsp3) is 0.600. The molecule has 0 heterocycles. The predicted octanol–water partition coefficient (Wildman–Crippen LogP) is 3.10. The van der Waals surface area contributed by atoms with Crippen LogP contribution in [0, 0.1) is 6.92 Å². The van der Waals surface area contributed by atoms with Gasteiger partial charge in [-0.15, -0.1) is 0 Å². The van der Waals surface area contributed by atoms with Gasteiger partial charge >= 0.3 is 0 Å². The molecule has 96 valence electrons. The van der Waals surface area contributed by atoms with E-state index in [1.807, 2.05) is 26.0 Å². The predicted molar refractivity (Wildman–Crippen MR) is 71.2 cm³/mol. The second-order valence-corrected chi connectivity index (χ2v) is 4.75. The van der Waals surface area contributed by atoms with Crippen molar-refractivity contribution in [3.8, 4) is 0 Å². The molecule has 1 rings (SSSR count). The zero-order chi connectivity index (χ0) is 12.9. The Balaban J connectivity index is 2.77. The van der Waals surface area contributed by atoms with Gasteiger partial charge in [-0.25, -0.2) is 0 Å². The monoisotopic (exact) mass is 236 g/mol. The molecule has 0 saturated heterocycles. The molecule has 2 atom stereocenters. The lowest BCUT2D eigenvalue weighted by atomic mass is 9.89. The quantitative estimate of drug-likeness (QED) is 0.822. The molecule has 0 aliphatic heterocycles. The Morgan fingerprint density at radius 2 is 1.94 bits per heavy atom. The van der Waals surface area contributed by atoms with E-state index in [4.69, 9.17) is 4.74 Å². The van der Waals surface area contributed by atoms with Gasteiger partial charge in [0.1, 0.15) is 0 Å². The van der Waals surface area contributed by atoms with Crippen LogP contribution in [0.2, 0.25) is 0 Å². The summed E-state index contributed by atoms with van der Waals surface area (Å²) in [5.74, 6) is 0. The third-order valence-electron chi connectivity index (χ3n) is 3.56. The molecule has 0 aromatic heterocycles. The molecule has 2 unspecified atom stereocenters. The van der Waals surface area contributed by atoms with Crippen LogP contribution in [0.15, 0.2) is 24.3 Å². The lowest BCUT2D eigenvalue weighted by Gasteiger charge is -2.33. The maximum atomic E-state index is 10.4. The lowest BCUT2D eigenvalue weighted by molar-refractivity contribution is -0.110. The van der Waals surface area contributed by atoms with E-state index in [0.717, 1.165) is 6.42 Å². The third-order valence-corrected chi connectivity index (χ3v) is 3.56. The van der Waals surface area contributed by atoms with Crippen LogP contribution in [0.4, 0.5) is 0 Å². The summed E-state index contributed by atoms with van der Waals surface area (Å²) in [6.07, 6.45) is 0.999. The number of hydrogen-bond acceptors (Lipinski definition) is 2. The summed E-state index contributed by atoms with van der Waals surface area (Å²) in [4.78, 5) is 0. The van der Waals surface area contributed by atoms with Crippen LogP contribution in [0.3, 0.4) is 0 Å². The Kier molecular flexibility index (Phi) is 5.16. The Morgan fingerprint density at radius 3 is 2.47 bits per heavy atom. The highest BCUT2D eigenvalue weighted by atomic mass is 16.5. The molecule has 2 heteroatoms. The van der Waals surface area contributed by atoms with Gasteiger partial charge in [-0.2, -0.15) is 0 Å². The average Bonchev–Trinajstić information content (AvgIpc) is 2.32. The van der Waals surface area contributed by atoms with E-state index in [9.17, 15) is 5.11 Å². The molecule has 0 radical (unpaired) electrons. The van der Waals surface area contributed by atoms with Crippen molar-refractivity contribution in [2.24, 2.45) is 0 Å². The maximum Gasteiger partial charge on any atom is 0.0912 e. The first-order valence-corrected chi connectivity index (χ1v) is 6.40. The number of hydrogen-bond donors (Lipinski definition) is 1. The lowest BCUT2D eigenvalue weighted by Crippen LogP contribution is -2.43. The topological polar surface area (TPSA) is 29.5 Å². The van der Waals surface area contributed by atoms with Crippen LogP contribution in [-0.2, 0) is 11.2 Å². The molecule has 0 aliphatic rings. The molecular weight excluding hydrogens is 212 g/mol. The first kappa shape index (κ1) is 14.2. The normalized spacial score (nSPS) is 16.5. The summed E-state index contributed by atoms with van der Waals surface area (Å²) in [5, 5.41) is 10.4. The van der Waals surface area contributed by atoms with Crippen molar-refractivity contribution in [3.63, 3.8) is 0 Å². The summed E-state index contributed by atoms with van der Waals surface area (Å²) in [6, 6.07) is 8.18. The summed E-state index contributed by atoms with van der Waals surface area (Å²) >= 11 is 0. The van der Waals surface area contributed by atoms with E-state index < -0.39 is 11.7 Å². The Bertz CT molecular complexity index is 349. The van der Waals surface area contributed by atoms with E-state index in [1.54, 1.807) is 0 Å². The number of aliphatic hydroxyl groups is 1. The maximum absolute atomic E-state index is 10.4. The summed E-state index contributed by atoms with van der Waals surface area (Å²) < 4.78 is 5.70. The largest absolute Gasteiger partial charge is 0.390 e. The van der Waals surface area contributed by atoms with Crippen LogP contribution < -0.4 is 0 Å². The minimum Gasteiger partial charge on any atom is -0.390 e. The summed E-state index contributed by atoms with van der Waals surface area (Å²) in [5.41, 5.74) is 1.97. The zero-order valence-corrected chi connectivity index (χ0v) is 11.4. The van der Waals surface area contributed by atoms with E-state index in [-0.39, 0.29) is 0 Å². The van der Waals surface area contributed by atoms with Gasteiger partial charge in [0.2, 0.25) is 0 Å². The number of aliphatic hydroxyl groups excluding tert-OH is 1. The molecule has 1 N–H and O–H groups in total.